The van der Waals surface area contributed by atoms with Gasteiger partial charge in [-0.05, 0) is 59.7 Å². The summed E-state index contributed by atoms with van der Waals surface area (Å²) in [5.74, 6) is -0.286. The minimum atomic E-state index is -0.911. The summed E-state index contributed by atoms with van der Waals surface area (Å²) in [6.45, 7) is 3.25. The van der Waals surface area contributed by atoms with Crippen LogP contribution < -0.4 is 9.80 Å². The number of hydrogen-bond acceptors (Lipinski definition) is 6. The molecule has 0 unspecified atom stereocenters. The minimum Gasteiger partial charge on any atom is -0.478 e. The zero-order valence-corrected chi connectivity index (χ0v) is 22.7. The first-order chi connectivity index (χ1) is 18.5. The molecule has 1 aliphatic rings. The molecule has 38 heavy (non-hydrogen) atoms. The molecule has 1 N–H and O–H groups in total. The predicted molar refractivity (Wildman–Crippen MR) is 154 cm³/mol. The Bertz CT molecular complexity index is 1340. The third-order valence-corrected chi connectivity index (χ3v) is 8.09. The van der Waals surface area contributed by atoms with Gasteiger partial charge in [0, 0.05) is 57.0 Å². The number of carboxylic acids is 1. The summed E-state index contributed by atoms with van der Waals surface area (Å²) >= 11 is 1.61. The molecule has 0 saturated carbocycles. The summed E-state index contributed by atoms with van der Waals surface area (Å²) < 4.78 is 5.50. The van der Waals surface area contributed by atoms with Crippen LogP contribution in [0.4, 0.5) is 10.8 Å². The predicted octanol–water partition coefficient (Wildman–Crippen LogP) is 6.68. The van der Waals surface area contributed by atoms with Gasteiger partial charge in [0.15, 0.2) is 5.13 Å². The fraction of sp³-hybridized carbons (Fsp3) is 0.290. The van der Waals surface area contributed by atoms with Gasteiger partial charge in [0.1, 0.15) is 0 Å². The third-order valence-electron chi connectivity index (χ3n) is 7.14. The normalized spacial score (nSPS) is 13.8. The third kappa shape index (κ3) is 6.23. The van der Waals surface area contributed by atoms with Crippen molar-refractivity contribution in [3.05, 3.63) is 100 Å². The number of aromatic carboxylic acids is 1. The van der Waals surface area contributed by atoms with Crippen LogP contribution in [-0.2, 0) is 17.8 Å². The number of carbonyl (C=O) groups is 1. The van der Waals surface area contributed by atoms with Crippen molar-refractivity contribution in [1.29, 1.82) is 0 Å². The van der Waals surface area contributed by atoms with Crippen LogP contribution in [0, 0.1) is 0 Å². The molecule has 5 rings (SSSR count). The summed E-state index contributed by atoms with van der Waals surface area (Å²) in [6.07, 6.45) is 2.23. The largest absolute Gasteiger partial charge is 0.478 e. The van der Waals surface area contributed by atoms with Crippen molar-refractivity contribution in [2.75, 3.05) is 37.1 Å². The van der Waals surface area contributed by atoms with Crippen molar-refractivity contribution >= 4 is 28.1 Å². The summed E-state index contributed by atoms with van der Waals surface area (Å²) in [7, 11) is 4.13. The topological polar surface area (TPSA) is 65.9 Å². The van der Waals surface area contributed by atoms with E-state index in [1.165, 1.54) is 16.8 Å². The lowest BCUT2D eigenvalue weighted by Gasteiger charge is -2.23. The highest BCUT2D eigenvalue weighted by Crippen LogP contribution is 2.30. The van der Waals surface area contributed by atoms with Gasteiger partial charge in [-0.25, -0.2) is 9.78 Å². The molecule has 0 aliphatic carbocycles. The summed E-state index contributed by atoms with van der Waals surface area (Å²) in [4.78, 5) is 20.3. The number of thiazole rings is 1. The van der Waals surface area contributed by atoms with E-state index in [0.717, 1.165) is 54.6 Å². The molecule has 0 atom stereocenters. The molecule has 1 fully saturated rings. The smallest absolute Gasteiger partial charge is 0.335 e. The van der Waals surface area contributed by atoms with Crippen LogP contribution in [0.3, 0.4) is 0 Å². The zero-order valence-electron chi connectivity index (χ0n) is 21.8. The highest BCUT2D eigenvalue weighted by Gasteiger charge is 2.16. The molecule has 0 amide bonds. The van der Waals surface area contributed by atoms with E-state index in [-0.39, 0.29) is 0 Å². The Labute approximate surface area is 228 Å². The van der Waals surface area contributed by atoms with Crippen LogP contribution in [0.5, 0.6) is 0 Å². The molecule has 1 aromatic heterocycles. The molecule has 7 heteroatoms. The lowest BCUT2D eigenvalue weighted by molar-refractivity contribution is 0.0697. The van der Waals surface area contributed by atoms with Crippen molar-refractivity contribution in [1.82, 2.24) is 4.98 Å². The fourth-order valence-corrected chi connectivity index (χ4v) is 5.65. The number of anilines is 2. The maximum absolute atomic E-state index is 11.1. The lowest BCUT2D eigenvalue weighted by Crippen LogP contribution is -2.17. The number of ether oxygens (including phenoxy) is 1. The molecule has 2 heterocycles. The summed E-state index contributed by atoms with van der Waals surface area (Å²) in [6, 6.07) is 24.6. The number of carboxylic acid groups (broad SMARTS) is 1. The second-order valence-electron chi connectivity index (χ2n) is 9.90. The van der Waals surface area contributed by atoms with Crippen molar-refractivity contribution in [2.24, 2.45) is 0 Å². The molecule has 6 nitrogen and oxygen atoms in total. The van der Waals surface area contributed by atoms with E-state index in [2.05, 4.69) is 70.8 Å². The van der Waals surface area contributed by atoms with Crippen molar-refractivity contribution in [3.8, 4) is 11.3 Å². The molecule has 0 spiro atoms. The molecular formula is C31H33N3O3S. The van der Waals surface area contributed by atoms with E-state index >= 15 is 0 Å². The van der Waals surface area contributed by atoms with Crippen LogP contribution in [0.25, 0.3) is 11.3 Å². The van der Waals surface area contributed by atoms with Gasteiger partial charge in [0.05, 0.1) is 11.3 Å². The van der Waals surface area contributed by atoms with Gasteiger partial charge < -0.3 is 19.6 Å². The lowest BCUT2D eigenvalue weighted by atomic mass is 9.91. The van der Waals surface area contributed by atoms with Crippen molar-refractivity contribution in [3.63, 3.8) is 0 Å². The molecule has 0 radical (unpaired) electrons. The SMILES string of the molecule is CN(Cc1ccc(C2CCOCC2)cc1)c1ccc(-c2csc(N(C)Cc3ccc(C(=O)O)cc3)n2)cc1. The number of hydrogen-bond donors (Lipinski definition) is 1. The standard InChI is InChI=1S/C31H33N3O3S/c1-33(19-22-3-7-24(8-4-22)25-15-17-37-18-16-25)28-13-11-26(12-14-28)29-21-38-31(32-29)34(2)20-23-5-9-27(10-6-23)30(35)36/h3-14,21,25H,15-20H2,1-2H3,(H,35,36). The minimum absolute atomic E-state index is 0.297. The number of rotatable bonds is 9. The maximum atomic E-state index is 11.1. The zero-order chi connectivity index (χ0) is 26.5. The van der Waals surface area contributed by atoms with E-state index in [1.54, 1.807) is 23.5 Å². The van der Waals surface area contributed by atoms with Gasteiger partial charge in [-0.3, -0.25) is 0 Å². The van der Waals surface area contributed by atoms with Gasteiger partial charge in [0.25, 0.3) is 0 Å². The number of nitrogens with zero attached hydrogens (tertiary/aromatic N) is 3. The molecule has 4 aromatic rings. The molecule has 3 aromatic carbocycles. The van der Waals surface area contributed by atoms with Crippen LogP contribution in [0.1, 0.15) is 45.8 Å². The fourth-order valence-electron chi connectivity index (χ4n) is 4.84. The van der Waals surface area contributed by atoms with E-state index in [4.69, 9.17) is 14.8 Å². The van der Waals surface area contributed by atoms with Gasteiger partial charge in [-0.1, -0.05) is 48.5 Å². The van der Waals surface area contributed by atoms with Crippen molar-refractivity contribution in [2.45, 2.75) is 31.8 Å². The Morgan fingerprint density at radius 2 is 1.50 bits per heavy atom. The van der Waals surface area contributed by atoms with Gasteiger partial charge in [-0.2, -0.15) is 0 Å². The van der Waals surface area contributed by atoms with Crippen LogP contribution in [0.15, 0.2) is 78.2 Å². The number of benzene rings is 3. The van der Waals surface area contributed by atoms with Gasteiger partial charge >= 0.3 is 5.97 Å². The van der Waals surface area contributed by atoms with E-state index < -0.39 is 5.97 Å². The average Bonchev–Trinajstić information content (AvgIpc) is 3.45. The van der Waals surface area contributed by atoms with Crippen LogP contribution in [0.2, 0.25) is 0 Å². The maximum Gasteiger partial charge on any atom is 0.335 e. The Hall–Kier alpha value is -3.68. The highest BCUT2D eigenvalue weighted by atomic mass is 32.1. The van der Waals surface area contributed by atoms with Crippen LogP contribution in [-0.4, -0.2) is 43.4 Å². The summed E-state index contributed by atoms with van der Waals surface area (Å²) in [5.41, 5.74) is 7.27. The molecule has 196 valence electrons. The van der Waals surface area contributed by atoms with Crippen LogP contribution >= 0.6 is 11.3 Å². The van der Waals surface area contributed by atoms with Gasteiger partial charge in [0.2, 0.25) is 0 Å². The monoisotopic (exact) mass is 527 g/mol. The average molecular weight is 528 g/mol. The molecular weight excluding hydrogens is 494 g/mol. The van der Waals surface area contributed by atoms with E-state index in [0.29, 0.717) is 18.0 Å². The first kappa shape index (κ1) is 25.9. The van der Waals surface area contributed by atoms with E-state index in [1.807, 2.05) is 19.2 Å². The summed E-state index contributed by atoms with van der Waals surface area (Å²) in [5, 5.41) is 12.1. The number of aromatic nitrogens is 1. The Morgan fingerprint density at radius 3 is 2.13 bits per heavy atom. The molecule has 1 aliphatic heterocycles. The molecule has 1 saturated heterocycles. The Morgan fingerprint density at radius 1 is 0.895 bits per heavy atom. The van der Waals surface area contributed by atoms with E-state index in [9.17, 15) is 4.79 Å². The van der Waals surface area contributed by atoms with Crippen molar-refractivity contribution < 1.29 is 14.6 Å². The Balaban J connectivity index is 1.18. The highest BCUT2D eigenvalue weighted by molar-refractivity contribution is 7.14. The second-order valence-corrected chi connectivity index (χ2v) is 10.7. The quantitative estimate of drug-likeness (QED) is 0.262. The Kier molecular flexibility index (Phi) is 8.05. The second kappa shape index (κ2) is 11.8. The molecule has 0 bridgehead atoms. The first-order valence-corrected chi connectivity index (χ1v) is 13.8. The van der Waals surface area contributed by atoms with Gasteiger partial charge in [-0.15, -0.1) is 11.3 Å². The first-order valence-electron chi connectivity index (χ1n) is 12.9.